The molecule has 23 heavy (non-hydrogen) atoms. The van der Waals surface area contributed by atoms with Crippen molar-refractivity contribution >= 4 is 11.9 Å². The molecule has 2 N–H and O–H groups in total. The predicted octanol–water partition coefficient (Wildman–Crippen LogP) is 2.39. The highest BCUT2D eigenvalue weighted by atomic mass is 16.4. The van der Waals surface area contributed by atoms with Gasteiger partial charge in [-0.25, -0.2) is 0 Å². The topological polar surface area (TPSA) is 79.3 Å². The first-order valence-electron chi connectivity index (χ1n) is 8.08. The molecule has 2 aliphatic rings. The van der Waals surface area contributed by atoms with E-state index in [1.807, 2.05) is 32.0 Å². The Kier molecular flexibility index (Phi) is 4.20. The number of carboxylic acid groups (broad SMARTS) is 1. The molecule has 0 aliphatic heterocycles. The fourth-order valence-electron chi connectivity index (χ4n) is 4.40. The lowest BCUT2D eigenvalue weighted by atomic mass is 9.78. The molecule has 0 saturated heterocycles. The summed E-state index contributed by atoms with van der Waals surface area (Å²) >= 11 is 0. The van der Waals surface area contributed by atoms with Crippen molar-refractivity contribution in [1.29, 1.82) is 0 Å². The molecule has 0 radical (unpaired) electrons. The number of carbonyl (C=O) groups is 2. The monoisotopic (exact) mass is 314 g/mol. The smallest absolute Gasteiger partial charge is 0.307 e. The highest BCUT2D eigenvalue weighted by molar-refractivity contribution is 5.87. The molecule has 122 valence electrons. The lowest BCUT2D eigenvalue weighted by molar-refractivity contribution is -0.149. The van der Waals surface area contributed by atoms with Crippen LogP contribution in [0.15, 0.2) is 35.5 Å². The van der Waals surface area contributed by atoms with Gasteiger partial charge in [-0.3, -0.25) is 14.6 Å². The third-order valence-corrected chi connectivity index (χ3v) is 5.18. The highest BCUT2D eigenvalue weighted by Gasteiger charge is 2.57. The number of carbonyl (C=O) groups excluding carboxylic acids is 1. The summed E-state index contributed by atoms with van der Waals surface area (Å²) in [5, 5.41) is 12.5. The van der Waals surface area contributed by atoms with Crippen molar-refractivity contribution in [2.24, 2.45) is 23.7 Å². The van der Waals surface area contributed by atoms with Gasteiger partial charge in [-0.15, -0.1) is 0 Å². The van der Waals surface area contributed by atoms with Crippen molar-refractivity contribution in [3.05, 3.63) is 41.2 Å². The van der Waals surface area contributed by atoms with E-state index in [-0.39, 0.29) is 17.7 Å². The van der Waals surface area contributed by atoms with Gasteiger partial charge in [0.2, 0.25) is 5.91 Å². The second kappa shape index (κ2) is 6.14. The SMILES string of the molecule is CC(C)=C1C2CCC1C(C(=O)NCc1ccccn1)C2C(=O)O. The van der Waals surface area contributed by atoms with Crippen LogP contribution in [-0.4, -0.2) is 22.0 Å². The Morgan fingerprint density at radius 1 is 1.22 bits per heavy atom. The summed E-state index contributed by atoms with van der Waals surface area (Å²) in [6.45, 7) is 4.38. The van der Waals surface area contributed by atoms with Crippen molar-refractivity contribution in [3.8, 4) is 0 Å². The number of nitrogens with zero attached hydrogens (tertiary/aromatic N) is 1. The molecule has 2 fully saturated rings. The predicted molar refractivity (Wildman–Crippen MR) is 85.3 cm³/mol. The van der Waals surface area contributed by atoms with Crippen molar-refractivity contribution in [2.45, 2.75) is 33.2 Å². The largest absolute Gasteiger partial charge is 0.481 e. The standard InChI is InChI=1S/C18H22N2O3/c1-10(2)14-12-6-7-13(14)16(18(22)23)15(12)17(21)20-9-11-5-3-4-8-19-11/h3-5,8,12-13,15-16H,6-7,9H2,1-2H3,(H,20,21)(H,22,23). The normalized spacial score (nSPS) is 28.7. The Hall–Kier alpha value is -2.17. The van der Waals surface area contributed by atoms with Crippen LogP contribution >= 0.6 is 0 Å². The molecule has 2 bridgehead atoms. The molecular formula is C18H22N2O3. The highest BCUT2D eigenvalue weighted by Crippen LogP contribution is 2.57. The minimum Gasteiger partial charge on any atom is -0.481 e. The van der Waals surface area contributed by atoms with E-state index in [4.69, 9.17) is 0 Å². The second-order valence-electron chi connectivity index (χ2n) is 6.67. The Bertz CT molecular complexity index is 649. The van der Waals surface area contributed by atoms with Gasteiger partial charge in [0.25, 0.3) is 0 Å². The number of amides is 1. The first kappa shape index (κ1) is 15.7. The number of allylic oxidation sites excluding steroid dienone is 2. The number of aliphatic carboxylic acids is 1. The minimum absolute atomic E-state index is 0.0214. The first-order valence-corrected chi connectivity index (χ1v) is 8.08. The molecule has 4 atom stereocenters. The van der Waals surface area contributed by atoms with E-state index in [0.29, 0.717) is 6.54 Å². The molecule has 2 saturated carbocycles. The number of fused-ring (bicyclic) bond motifs is 2. The van der Waals surface area contributed by atoms with E-state index in [9.17, 15) is 14.7 Å². The van der Waals surface area contributed by atoms with Gasteiger partial charge in [0.05, 0.1) is 24.1 Å². The van der Waals surface area contributed by atoms with Gasteiger partial charge in [0, 0.05) is 6.20 Å². The van der Waals surface area contributed by atoms with Crippen molar-refractivity contribution < 1.29 is 14.7 Å². The van der Waals surface area contributed by atoms with Crippen LogP contribution in [0, 0.1) is 23.7 Å². The zero-order valence-electron chi connectivity index (χ0n) is 13.5. The minimum atomic E-state index is -0.853. The van der Waals surface area contributed by atoms with Crippen LogP contribution in [0.4, 0.5) is 0 Å². The van der Waals surface area contributed by atoms with Crippen LogP contribution < -0.4 is 5.32 Å². The molecule has 2 aliphatic carbocycles. The maximum Gasteiger partial charge on any atom is 0.307 e. The first-order chi connectivity index (χ1) is 11.0. The van der Waals surface area contributed by atoms with Gasteiger partial charge in [0.1, 0.15) is 0 Å². The van der Waals surface area contributed by atoms with Crippen LogP contribution in [0.5, 0.6) is 0 Å². The number of nitrogens with one attached hydrogen (secondary N) is 1. The van der Waals surface area contributed by atoms with Crippen molar-refractivity contribution in [2.75, 3.05) is 0 Å². The summed E-state index contributed by atoms with van der Waals surface area (Å²) in [6, 6.07) is 5.54. The van der Waals surface area contributed by atoms with E-state index in [1.54, 1.807) is 6.20 Å². The van der Waals surface area contributed by atoms with Gasteiger partial charge in [-0.1, -0.05) is 17.2 Å². The van der Waals surface area contributed by atoms with E-state index in [0.717, 1.165) is 18.5 Å². The molecule has 0 aromatic carbocycles. The van der Waals surface area contributed by atoms with Gasteiger partial charge >= 0.3 is 5.97 Å². The van der Waals surface area contributed by atoms with Crippen LogP contribution in [0.2, 0.25) is 0 Å². The van der Waals surface area contributed by atoms with Gasteiger partial charge in [0.15, 0.2) is 0 Å². The van der Waals surface area contributed by atoms with Crippen molar-refractivity contribution in [1.82, 2.24) is 10.3 Å². The van der Waals surface area contributed by atoms with Gasteiger partial charge in [-0.2, -0.15) is 0 Å². The van der Waals surface area contributed by atoms with E-state index >= 15 is 0 Å². The fourth-order valence-corrected chi connectivity index (χ4v) is 4.40. The summed E-state index contributed by atoms with van der Waals surface area (Å²) in [5.74, 6) is -1.96. The molecular weight excluding hydrogens is 292 g/mol. The van der Waals surface area contributed by atoms with E-state index in [1.165, 1.54) is 11.1 Å². The molecule has 1 heterocycles. The molecule has 3 rings (SSSR count). The summed E-state index contributed by atoms with van der Waals surface area (Å²) in [6.07, 6.45) is 3.48. The van der Waals surface area contributed by atoms with Crippen LogP contribution in [0.3, 0.4) is 0 Å². The summed E-state index contributed by atoms with van der Waals surface area (Å²) in [5.41, 5.74) is 3.15. The number of carboxylic acids is 1. The third-order valence-electron chi connectivity index (χ3n) is 5.18. The zero-order chi connectivity index (χ0) is 16.6. The Labute approximate surface area is 135 Å². The quantitative estimate of drug-likeness (QED) is 0.836. The zero-order valence-corrected chi connectivity index (χ0v) is 13.5. The molecule has 4 unspecified atom stereocenters. The maximum absolute atomic E-state index is 12.7. The molecule has 1 amide bonds. The average Bonchev–Trinajstić information content (AvgIpc) is 3.09. The van der Waals surface area contributed by atoms with Crippen LogP contribution in [0.25, 0.3) is 0 Å². The summed E-state index contributed by atoms with van der Waals surface area (Å²) in [4.78, 5) is 28.6. The molecule has 0 spiro atoms. The molecule has 1 aromatic rings. The van der Waals surface area contributed by atoms with Gasteiger partial charge < -0.3 is 10.4 Å². The fraction of sp³-hybridized carbons (Fsp3) is 0.500. The Balaban J connectivity index is 1.79. The average molecular weight is 314 g/mol. The number of hydrogen-bond acceptors (Lipinski definition) is 3. The second-order valence-corrected chi connectivity index (χ2v) is 6.67. The summed E-state index contributed by atoms with van der Waals surface area (Å²) < 4.78 is 0. The summed E-state index contributed by atoms with van der Waals surface area (Å²) in [7, 11) is 0. The van der Waals surface area contributed by atoms with E-state index in [2.05, 4.69) is 10.3 Å². The number of aromatic nitrogens is 1. The van der Waals surface area contributed by atoms with Crippen LogP contribution in [0.1, 0.15) is 32.4 Å². The van der Waals surface area contributed by atoms with E-state index < -0.39 is 17.8 Å². The number of pyridine rings is 1. The maximum atomic E-state index is 12.7. The molecule has 1 aromatic heterocycles. The van der Waals surface area contributed by atoms with Gasteiger partial charge in [-0.05, 0) is 50.7 Å². The number of hydrogen-bond donors (Lipinski definition) is 2. The molecule has 5 heteroatoms. The third kappa shape index (κ3) is 2.76. The Morgan fingerprint density at radius 2 is 1.91 bits per heavy atom. The lowest BCUT2D eigenvalue weighted by Gasteiger charge is -2.26. The number of rotatable bonds is 4. The molecule has 5 nitrogen and oxygen atoms in total. The lowest BCUT2D eigenvalue weighted by Crippen LogP contribution is -2.41. The van der Waals surface area contributed by atoms with Crippen molar-refractivity contribution in [3.63, 3.8) is 0 Å². The Morgan fingerprint density at radius 3 is 2.48 bits per heavy atom. The van der Waals surface area contributed by atoms with Crippen LogP contribution in [-0.2, 0) is 16.1 Å².